The Morgan fingerprint density at radius 1 is 0.818 bits per heavy atom. The quantitative estimate of drug-likeness (QED) is 0.686. The molecule has 0 aromatic heterocycles. The number of nitrogens with one attached hydrogen (secondary N) is 1. The Bertz CT molecular complexity index is 498. The van der Waals surface area contributed by atoms with Crippen molar-refractivity contribution in [3.63, 3.8) is 0 Å². The molecule has 6 atom stereocenters. The van der Waals surface area contributed by atoms with Crippen molar-refractivity contribution >= 4 is 0 Å². The van der Waals surface area contributed by atoms with Crippen molar-refractivity contribution in [2.24, 2.45) is 17.0 Å². The monoisotopic (exact) mass is 305 g/mol. The molecule has 123 valence electrons. The Balaban J connectivity index is 1.73. The van der Waals surface area contributed by atoms with E-state index in [1.165, 1.54) is 25.7 Å². The van der Waals surface area contributed by atoms with Gasteiger partial charge >= 0.3 is 0 Å². The summed E-state index contributed by atoms with van der Waals surface area (Å²) in [5.74, 6) is 1.57. The summed E-state index contributed by atoms with van der Waals surface area (Å²) in [6.45, 7) is 14.0. The third kappa shape index (κ3) is 2.02. The highest BCUT2D eigenvalue weighted by atomic mass is 15.6. The minimum absolute atomic E-state index is 0.158. The molecule has 6 rings (SSSR count). The van der Waals surface area contributed by atoms with Gasteiger partial charge in [0.2, 0.25) is 0 Å². The Hall–Kier alpha value is -0.480. The lowest BCUT2D eigenvalue weighted by atomic mass is 9.59. The maximum Gasteiger partial charge on any atom is 0.187 e. The standard InChI is InChI=1S/C18H33N4/c1-17(2,3)21-13-9-7-11(19-21)15-12-8-10-14(16(13)15)22(20-12)18(4,5)6/h11-16,19H,7-10H2,1-6H3/q+2/t11-,12+,13+,14-,15-,16+/m0/s1. The van der Waals surface area contributed by atoms with Crippen LogP contribution in [0.2, 0.25) is 0 Å². The van der Waals surface area contributed by atoms with Crippen LogP contribution in [0.3, 0.4) is 0 Å². The van der Waals surface area contributed by atoms with Gasteiger partial charge in [0, 0.05) is 39.5 Å². The van der Waals surface area contributed by atoms with Gasteiger partial charge in [0.1, 0.15) is 6.04 Å². The maximum absolute atomic E-state index is 5.19. The van der Waals surface area contributed by atoms with Gasteiger partial charge in [-0.25, -0.2) is 0 Å². The van der Waals surface area contributed by atoms with Crippen molar-refractivity contribution in [1.82, 2.24) is 10.4 Å². The first kappa shape index (κ1) is 15.1. The minimum Gasteiger partial charge on any atom is -0.120 e. The van der Waals surface area contributed by atoms with E-state index in [2.05, 4.69) is 56.7 Å². The van der Waals surface area contributed by atoms with E-state index in [-0.39, 0.29) is 11.1 Å². The second kappa shape index (κ2) is 4.54. The first-order chi connectivity index (χ1) is 10.2. The van der Waals surface area contributed by atoms with Crippen LogP contribution in [0, 0.1) is 11.8 Å². The molecule has 4 nitrogen and oxygen atoms in total. The number of fused-ring (bicyclic) bond motifs is 3. The Kier molecular flexibility index (Phi) is 3.11. The minimum atomic E-state index is 0.158. The summed E-state index contributed by atoms with van der Waals surface area (Å²) >= 11 is 0. The Morgan fingerprint density at radius 3 is 2.14 bits per heavy atom. The smallest absolute Gasteiger partial charge is 0.120 e. The SMILES string of the molecule is CC(C)(C)[N+]1N[C@H]2CC[C@@H]1[C@H]1[C@@H]2[C@H]2CC[C@@H]1[N+](C(C)(C)C)=N2. The van der Waals surface area contributed by atoms with Crippen molar-refractivity contribution < 1.29 is 4.70 Å². The third-order valence-corrected chi connectivity index (χ3v) is 6.41. The lowest BCUT2D eigenvalue weighted by Crippen LogP contribution is -2.79. The fraction of sp³-hybridized carbons (Fsp3) is 1.00. The van der Waals surface area contributed by atoms with Gasteiger partial charge in [-0.05, 0) is 38.7 Å². The van der Waals surface area contributed by atoms with Crippen LogP contribution in [0.1, 0.15) is 67.2 Å². The number of hydrazine groups is 1. The number of azo groups is 2. The summed E-state index contributed by atoms with van der Waals surface area (Å²) in [6.07, 6.45) is 5.34. The van der Waals surface area contributed by atoms with E-state index >= 15 is 0 Å². The average Bonchev–Trinajstić information content (AvgIpc) is 2.46. The van der Waals surface area contributed by atoms with Crippen LogP contribution in [0.15, 0.2) is 5.11 Å². The van der Waals surface area contributed by atoms with E-state index in [9.17, 15) is 0 Å². The highest BCUT2D eigenvalue weighted by Gasteiger charge is 2.68. The van der Waals surface area contributed by atoms with Crippen LogP contribution in [0.4, 0.5) is 0 Å². The molecule has 2 aliphatic carbocycles. The Morgan fingerprint density at radius 2 is 1.50 bits per heavy atom. The van der Waals surface area contributed by atoms with Crippen molar-refractivity contribution in [2.45, 2.75) is 102 Å². The van der Waals surface area contributed by atoms with E-state index < -0.39 is 0 Å². The zero-order valence-electron chi connectivity index (χ0n) is 15.1. The van der Waals surface area contributed by atoms with Gasteiger partial charge < -0.3 is 0 Å². The highest BCUT2D eigenvalue weighted by molar-refractivity contribution is 5.12. The molecule has 4 heterocycles. The predicted octanol–water partition coefficient (Wildman–Crippen LogP) is 3.01. The molecule has 2 saturated heterocycles. The van der Waals surface area contributed by atoms with Crippen molar-refractivity contribution in [1.29, 1.82) is 0 Å². The number of hydrogen-bond acceptors (Lipinski definition) is 3. The zero-order valence-corrected chi connectivity index (χ0v) is 15.1. The maximum atomic E-state index is 5.19. The fourth-order valence-electron chi connectivity index (χ4n) is 5.78. The molecule has 22 heavy (non-hydrogen) atoms. The molecule has 4 bridgehead atoms. The van der Waals surface area contributed by atoms with Gasteiger partial charge in [-0.15, -0.1) is 10.1 Å². The molecule has 4 fully saturated rings. The normalized spacial score (nSPS) is 44.9. The van der Waals surface area contributed by atoms with Crippen LogP contribution in [0.5, 0.6) is 0 Å². The van der Waals surface area contributed by atoms with E-state index in [1.54, 1.807) is 0 Å². The lowest BCUT2D eigenvalue weighted by Gasteiger charge is -2.56. The Labute approximate surface area is 135 Å². The van der Waals surface area contributed by atoms with Gasteiger partial charge in [0.25, 0.3) is 0 Å². The number of rotatable bonds is 0. The molecule has 1 N–H and O–H groups in total. The molecular formula is C18H33N4+2. The summed E-state index contributed by atoms with van der Waals surface area (Å²) in [6, 6.07) is 2.53. The molecule has 0 aromatic carbocycles. The summed E-state index contributed by atoms with van der Waals surface area (Å²) in [4.78, 5) is 0. The molecule has 2 saturated carbocycles. The van der Waals surface area contributed by atoms with E-state index in [0.29, 0.717) is 24.2 Å². The second-order valence-electron chi connectivity index (χ2n) is 9.92. The number of nitrogens with zero attached hydrogens (tertiary/aromatic N) is 3. The van der Waals surface area contributed by atoms with E-state index in [4.69, 9.17) is 5.11 Å². The van der Waals surface area contributed by atoms with Crippen molar-refractivity contribution in [3.05, 3.63) is 0 Å². The zero-order chi connectivity index (χ0) is 15.9. The van der Waals surface area contributed by atoms with E-state index in [0.717, 1.165) is 11.8 Å². The second-order valence-corrected chi connectivity index (χ2v) is 9.92. The van der Waals surface area contributed by atoms with Gasteiger partial charge in [-0.2, -0.15) is 0 Å². The van der Waals surface area contributed by atoms with Crippen molar-refractivity contribution in [2.75, 3.05) is 0 Å². The molecule has 6 aliphatic rings. The van der Waals surface area contributed by atoms with Crippen LogP contribution in [-0.4, -0.2) is 39.9 Å². The third-order valence-electron chi connectivity index (χ3n) is 6.41. The van der Waals surface area contributed by atoms with Gasteiger partial charge in [-0.1, -0.05) is 5.01 Å². The largest absolute Gasteiger partial charge is 0.187 e. The van der Waals surface area contributed by atoms with Gasteiger partial charge in [0.05, 0.1) is 12.0 Å². The highest BCUT2D eigenvalue weighted by Crippen LogP contribution is 2.51. The average molecular weight is 305 g/mol. The summed E-state index contributed by atoms with van der Waals surface area (Å²) in [5, 5.41) is 7.79. The molecule has 0 aromatic rings. The number of hydrogen-bond donors (Lipinski definition) is 1. The van der Waals surface area contributed by atoms with Crippen LogP contribution < -0.4 is 10.4 Å². The molecule has 4 heteroatoms. The molecule has 0 amide bonds. The summed E-state index contributed by atoms with van der Waals surface area (Å²) in [7, 11) is 0. The predicted molar refractivity (Wildman–Crippen MR) is 88.1 cm³/mol. The van der Waals surface area contributed by atoms with Crippen LogP contribution >= 0.6 is 0 Å². The topological polar surface area (TPSA) is 33.3 Å². The summed E-state index contributed by atoms with van der Waals surface area (Å²) in [5.41, 5.74) is 4.25. The lowest BCUT2D eigenvalue weighted by molar-refractivity contribution is -0.713. The first-order valence-electron chi connectivity index (χ1n) is 9.23. The molecule has 1 radical (unpaired) electrons. The molecule has 0 unspecified atom stereocenters. The molecular weight excluding hydrogens is 272 g/mol. The summed E-state index contributed by atoms with van der Waals surface area (Å²) < 4.78 is 2.49. The van der Waals surface area contributed by atoms with Crippen LogP contribution in [-0.2, 0) is 0 Å². The molecule has 4 aliphatic heterocycles. The van der Waals surface area contributed by atoms with Gasteiger partial charge in [-0.3, -0.25) is 0 Å². The first-order valence-corrected chi connectivity index (χ1v) is 9.23. The van der Waals surface area contributed by atoms with Gasteiger partial charge in [0.15, 0.2) is 23.2 Å². The van der Waals surface area contributed by atoms with Crippen LogP contribution in [0.25, 0.3) is 0 Å². The van der Waals surface area contributed by atoms with E-state index in [1.807, 2.05) is 0 Å². The van der Waals surface area contributed by atoms with Crippen molar-refractivity contribution in [3.8, 4) is 0 Å². The molecule has 0 spiro atoms. The fourth-order valence-corrected chi connectivity index (χ4v) is 5.78.